The fourth-order valence-electron chi connectivity index (χ4n) is 7.67. The molecule has 4 fully saturated rings. The Morgan fingerprint density at radius 2 is 1.77 bits per heavy atom. The van der Waals surface area contributed by atoms with Gasteiger partial charge in [0.2, 0.25) is 27.7 Å². The second kappa shape index (κ2) is 15.3. The second-order valence-electron chi connectivity index (χ2n) is 17.5. The summed E-state index contributed by atoms with van der Waals surface area (Å²) in [5, 5.41) is 6.36. The van der Waals surface area contributed by atoms with E-state index in [0.29, 0.717) is 60.4 Å². The minimum atomic E-state index is -4.00. The third-order valence-corrected chi connectivity index (χ3v) is 13.8. The summed E-state index contributed by atoms with van der Waals surface area (Å²) in [6.45, 7) is 8.67. The summed E-state index contributed by atoms with van der Waals surface area (Å²) < 4.78 is 51.5. The normalized spacial score (nSPS) is 28.1. The lowest BCUT2D eigenvalue weighted by molar-refractivity contribution is -0.141. The number of rotatable bonds is 9. The summed E-state index contributed by atoms with van der Waals surface area (Å²) in [5.41, 5.74) is -0.922. The largest absolute Gasteiger partial charge is 0.496 e. The molecule has 0 bridgehead atoms. The van der Waals surface area contributed by atoms with E-state index in [2.05, 4.69) is 15.4 Å². The molecule has 57 heavy (non-hydrogen) atoms. The number of allylic oxidation sites excluding steroid dienone is 1. The fraction of sp³-hybridized carbons (Fsp3) is 0.634. The monoisotopic (exact) mass is 809 g/mol. The van der Waals surface area contributed by atoms with Gasteiger partial charge in [0.1, 0.15) is 46.9 Å². The summed E-state index contributed by atoms with van der Waals surface area (Å²) in [5.74, 6) is -0.878. The first kappa shape index (κ1) is 40.6. The number of alkyl carbamates (subject to hydrolysis) is 1. The molecule has 2 aliphatic heterocycles. The van der Waals surface area contributed by atoms with Crippen LogP contribution in [0.15, 0.2) is 30.4 Å². The Hall–Kier alpha value is -4.60. The standard InChI is InChI=1S/C41H55N5O10S/c1-24-31(53-6)17-16-28-32(21-33(43-34(24)28)55-26-14-15-26)54-27-20-30-35(47)44-41(37(49)45-57(51,52)40(5)18-19-40)22-25(41)12-10-8-7-9-11-13-29(36(48)46(30)23-27)42-38(50)56-39(2,3)4/h10,12,16-17,21,25-27,29-30H,7-9,11,13-15,18-20,22-23H2,1-6H3,(H,42,50)(H,44,47)(H,45,49)/b12-10-/t25-,27-,29+,30+,41-/m1/s1. The summed E-state index contributed by atoms with van der Waals surface area (Å²) >= 11 is 0. The summed E-state index contributed by atoms with van der Waals surface area (Å²) in [4.78, 5) is 62.4. The molecule has 0 spiro atoms. The number of fused-ring (bicyclic) bond motifs is 3. The van der Waals surface area contributed by atoms with Crippen LogP contribution in [0.4, 0.5) is 4.79 Å². The van der Waals surface area contributed by atoms with Gasteiger partial charge in [-0.1, -0.05) is 25.0 Å². The van der Waals surface area contributed by atoms with Crippen molar-refractivity contribution >= 4 is 44.7 Å². The van der Waals surface area contributed by atoms with Gasteiger partial charge in [-0.25, -0.2) is 18.2 Å². The molecule has 15 nitrogen and oxygen atoms in total. The average molecular weight is 810 g/mol. The van der Waals surface area contributed by atoms with Crippen molar-refractivity contribution in [1.82, 2.24) is 25.2 Å². The summed E-state index contributed by atoms with van der Waals surface area (Å²) in [7, 11) is -2.41. The number of aromatic nitrogens is 1. The van der Waals surface area contributed by atoms with Crippen molar-refractivity contribution < 1.29 is 46.5 Å². The van der Waals surface area contributed by atoms with Crippen LogP contribution in [0, 0.1) is 12.8 Å². The molecule has 16 heteroatoms. The number of hydrogen-bond acceptors (Lipinski definition) is 11. The van der Waals surface area contributed by atoms with Gasteiger partial charge in [0.05, 0.1) is 23.9 Å². The Kier molecular flexibility index (Phi) is 10.9. The molecule has 3 aliphatic carbocycles. The van der Waals surface area contributed by atoms with Crippen LogP contribution >= 0.6 is 0 Å². The van der Waals surface area contributed by atoms with E-state index in [1.807, 2.05) is 31.2 Å². The number of benzene rings is 1. The quantitative estimate of drug-likeness (QED) is 0.297. The van der Waals surface area contributed by atoms with Crippen molar-refractivity contribution in [1.29, 1.82) is 0 Å². The molecule has 5 aliphatic rings. The molecule has 1 saturated heterocycles. The SMILES string of the molecule is COc1ccc2c(O[C@@H]3C[C@H]4C(=O)N[C@]5(C(=O)NS(=O)(=O)C6(C)CC6)C[C@H]5/C=C\CCCCC[C@H](NC(=O)OC(C)(C)C)C(=O)N4C3)cc(OC3CC3)nc2c1C. The first-order valence-electron chi connectivity index (χ1n) is 20.1. The van der Waals surface area contributed by atoms with Gasteiger partial charge in [-0.15, -0.1) is 0 Å². The lowest BCUT2D eigenvalue weighted by Gasteiger charge is -2.30. The van der Waals surface area contributed by atoms with Crippen LogP contribution < -0.4 is 29.6 Å². The maximum Gasteiger partial charge on any atom is 0.408 e. The molecule has 3 saturated carbocycles. The molecule has 0 radical (unpaired) electrons. The Balaban J connectivity index is 1.22. The average Bonchev–Trinajstić information content (AvgIpc) is 4.09. The molecule has 3 N–H and O–H groups in total. The van der Waals surface area contributed by atoms with Crippen molar-refractivity contribution in [3.8, 4) is 17.4 Å². The predicted molar refractivity (Wildman–Crippen MR) is 210 cm³/mol. The van der Waals surface area contributed by atoms with E-state index in [1.165, 1.54) is 4.90 Å². The van der Waals surface area contributed by atoms with E-state index in [4.69, 9.17) is 23.9 Å². The van der Waals surface area contributed by atoms with E-state index in [-0.39, 0.29) is 25.5 Å². The van der Waals surface area contributed by atoms with E-state index in [9.17, 15) is 27.6 Å². The highest BCUT2D eigenvalue weighted by atomic mass is 32.2. The lowest BCUT2D eigenvalue weighted by Crippen LogP contribution is -2.58. The molecular weight excluding hydrogens is 755 g/mol. The van der Waals surface area contributed by atoms with Crippen molar-refractivity contribution in [2.24, 2.45) is 5.92 Å². The number of aryl methyl sites for hydroxylation is 1. The van der Waals surface area contributed by atoms with Crippen LogP contribution in [0.1, 0.15) is 104 Å². The first-order valence-corrected chi connectivity index (χ1v) is 21.6. The van der Waals surface area contributed by atoms with E-state index < -0.39 is 73.8 Å². The summed E-state index contributed by atoms with van der Waals surface area (Å²) in [6.07, 6.45) is 8.53. The number of pyridine rings is 1. The van der Waals surface area contributed by atoms with Crippen LogP contribution in [0.3, 0.4) is 0 Å². The minimum Gasteiger partial charge on any atom is -0.496 e. The zero-order valence-corrected chi connectivity index (χ0v) is 34.5. The zero-order valence-electron chi connectivity index (χ0n) is 33.6. The zero-order chi connectivity index (χ0) is 40.9. The minimum absolute atomic E-state index is 0.0174. The number of carbonyl (C=O) groups is 4. The molecule has 1 aromatic heterocycles. The van der Waals surface area contributed by atoms with Gasteiger partial charge in [0, 0.05) is 29.4 Å². The summed E-state index contributed by atoms with van der Waals surface area (Å²) in [6, 6.07) is 3.25. The molecule has 1 aromatic carbocycles. The van der Waals surface area contributed by atoms with Gasteiger partial charge >= 0.3 is 6.09 Å². The smallest absolute Gasteiger partial charge is 0.408 e. The van der Waals surface area contributed by atoms with Gasteiger partial charge in [0.25, 0.3) is 5.91 Å². The Bertz CT molecular complexity index is 2070. The molecular formula is C41H55N5O10S. The van der Waals surface area contributed by atoms with Crippen molar-refractivity contribution in [2.75, 3.05) is 13.7 Å². The maximum atomic E-state index is 14.6. The van der Waals surface area contributed by atoms with Gasteiger partial charge in [0.15, 0.2) is 0 Å². The number of amides is 4. The molecule has 0 unspecified atom stereocenters. The van der Waals surface area contributed by atoms with Crippen LogP contribution in [-0.4, -0.2) is 95.9 Å². The maximum absolute atomic E-state index is 14.6. The molecule has 5 atom stereocenters. The predicted octanol–water partition coefficient (Wildman–Crippen LogP) is 4.73. The van der Waals surface area contributed by atoms with Gasteiger partial charge in [-0.3, -0.25) is 19.1 Å². The third kappa shape index (κ3) is 8.80. The first-order chi connectivity index (χ1) is 26.9. The number of sulfonamides is 1. The van der Waals surface area contributed by atoms with Gasteiger partial charge in [-0.2, -0.15) is 0 Å². The van der Waals surface area contributed by atoms with Gasteiger partial charge < -0.3 is 34.5 Å². The van der Waals surface area contributed by atoms with Crippen LogP contribution in [0.2, 0.25) is 0 Å². The van der Waals surface area contributed by atoms with Gasteiger partial charge in [-0.05, 0) is 98.1 Å². The number of methoxy groups -OCH3 is 1. The van der Waals surface area contributed by atoms with Crippen molar-refractivity contribution in [2.45, 2.75) is 145 Å². The number of carbonyl (C=O) groups excluding carboxylic acids is 4. The van der Waals surface area contributed by atoms with E-state index in [0.717, 1.165) is 31.2 Å². The van der Waals surface area contributed by atoms with Crippen LogP contribution in [0.25, 0.3) is 10.9 Å². The molecule has 2 aromatic rings. The molecule has 7 rings (SSSR count). The number of ether oxygens (including phenoxy) is 4. The highest BCUT2D eigenvalue weighted by molar-refractivity contribution is 7.91. The van der Waals surface area contributed by atoms with Crippen molar-refractivity contribution in [3.63, 3.8) is 0 Å². The van der Waals surface area contributed by atoms with Crippen LogP contribution in [-0.2, 0) is 29.1 Å². The Morgan fingerprint density at radius 1 is 1.02 bits per heavy atom. The highest BCUT2D eigenvalue weighted by Gasteiger charge is 2.63. The molecule has 310 valence electrons. The topological polar surface area (TPSA) is 192 Å². The Morgan fingerprint density at radius 3 is 2.46 bits per heavy atom. The lowest BCUT2D eigenvalue weighted by atomic mass is 10.0. The highest BCUT2D eigenvalue weighted by Crippen LogP contribution is 2.48. The van der Waals surface area contributed by atoms with Crippen LogP contribution in [0.5, 0.6) is 17.4 Å². The van der Waals surface area contributed by atoms with Crippen molar-refractivity contribution in [3.05, 3.63) is 35.9 Å². The second-order valence-corrected chi connectivity index (χ2v) is 19.7. The number of nitrogens with one attached hydrogen (secondary N) is 3. The van der Waals surface area contributed by atoms with E-state index in [1.54, 1.807) is 40.9 Å². The molecule has 4 amide bonds. The number of nitrogens with zero attached hydrogens (tertiary/aromatic N) is 2. The third-order valence-electron chi connectivity index (χ3n) is 11.6. The van der Waals surface area contributed by atoms with E-state index >= 15 is 0 Å². The fourth-order valence-corrected chi connectivity index (χ4v) is 8.98. The molecule has 3 heterocycles. The number of hydrogen-bond donors (Lipinski definition) is 3. The Labute approximate surface area is 334 Å².